The smallest absolute Gasteiger partial charge is 0.312 e. The van der Waals surface area contributed by atoms with Crippen molar-refractivity contribution < 1.29 is 9.59 Å². The van der Waals surface area contributed by atoms with E-state index in [0.29, 0.717) is 23.7 Å². The highest BCUT2D eigenvalue weighted by Crippen LogP contribution is 2.22. The van der Waals surface area contributed by atoms with Crippen LogP contribution >= 0.6 is 11.6 Å². The van der Waals surface area contributed by atoms with Crippen LogP contribution in [0.5, 0.6) is 0 Å². The van der Waals surface area contributed by atoms with Gasteiger partial charge in [-0.3, -0.25) is 4.79 Å². The van der Waals surface area contributed by atoms with E-state index in [1.54, 1.807) is 6.07 Å². The summed E-state index contributed by atoms with van der Waals surface area (Å²) < 4.78 is 0. The van der Waals surface area contributed by atoms with Gasteiger partial charge >= 0.3 is 6.03 Å². The SMILES string of the molecule is Cc1ccc(NC(=O)CCCCCNC(N)=O)c(Cl)c1. The van der Waals surface area contributed by atoms with Gasteiger partial charge in [-0.15, -0.1) is 0 Å². The van der Waals surface area contributed by atoms with Crippen molar-refractivity contribution in [2.45, 2.75) is 32.6 Å². The summed E-state index contributed by atoms with van der Waals surface area (Å²) in [6, 6.07) is 4.99. The molecule has 1 aromatic rings. The number of hydrogen-bond acceptors (Lipinski definition) is 2. The molecule has 20 heavy (non-hydrogen) atoms. The molecule has 4 N–H and O–H groups in total. The Kier molecular flexibility index (Phi) is 6.87. The van der Waals surface area contributed by atoms with Crippen molar-refractivity contribution in [1.29, 1.82) is 0 Å². The van der Waals surface area contributed by atoms with E-state index in [2.05, 4.69) is 10.6 Å². The fourth-order valence-corrected chi connectivity index (χ4v) is 2.02. The topological polar surface area (TPSA) is 84.2 Å². The molecule has 0 saturated heterocycles. The van der Waals surface area contributed by atoms with Crippen LogP contribution in [0.3, 0.4) is 0 Å². The second-order valence-corrected chi connectivity index (χ2v) is 5.04. The van der Waals surface area contributed by atoms with Crippen LogP contribution in [0.25, 0.3) is 0 Å². The summed E-state index contributed by atoms with van der Waals surface area (Å²) in [4.78, 5) is 22.2. The van der Waals surface area contributed by atoms with Crippen LogP contribution in [0.4, 0.5) is 10.5 Å². The van der Waals surface area contributed by atoms with Crippen LogP contribution in [0, 0.1) is 6.92 Å². The maximum atomic E-state index is 11.7. The lowest BCUT2D eigenvalue weighted by Crippen LogP contribution is -2.29. The fourth-order valence-electron chi connectivity index (χ4n) is 1.73. The molecular weight excluding hydrogens is 278 g/mol. The number of unbranched alkanes of at least 4 members (excludes halogenated alkanes) is 2. The summed E-state index contributed by atoms with van der Waals surface area (Å²) in [6.07, 6.45) is 2.85. The van der Waals surface area contributed by atoms with E-state index in [0.717, 1.165) is 24.8 Å². The number of urea groups is 1. The molecule has 6 heteroatoms. The van der Waals surface area contributed by atoms with Crippen LogP contribution < -0.4 is 16.4 Å². The van der Waals surface area contributed by atoms with Gasteiger partial charge < -0.3 is 16.4 Å². The van der Waals surface area contributed by atoms with E-state index in [1.807, 2.05) is 19.1 Å². The molecule has 0 spiro atoms. The molecule has 0 aliphatic rings. The number of amides is 3. The molecule has 0 aliphatic carbocycles. The summed E-state index contributed by atoms with van der Waals surface area (Å²) in [7, 11) is 0. The second-order valence-electron chi connectivity index (χ2n) is 4.63. The Balaban J connectivity index is 2.22. The van der Waals surface area contributed by atoms with E-state index in [1.165, 1.54) is 0 Å². The van der Waals surface area contributed by atoms with Gasteiger partial charge in [0.15, 0.2) is 0 Å². The van der Waals surface area contributed by atoms with E-state index < -0.39 is 6.03 Å². The van der Waals surface area contributed by atoms with Crippen LogP contribution in [0.15, 0.2) is 18.2 Å². The molecule has 1 rings (SSSR count). The lowest BCUT2D eigenvalue weighted by Gasteiger charge is -2.08. The zero-order valence-electron chi connectivity index (χ0n) is 11.5. The minimum absolute atomic E-state index is 0.0568. The van der Waals surface area contributed by atoms with E-state index in [9.17, 15) is 9.59 Å². The van der Waals surface area contributed by atoms with Crippen molar-refractivity contribution in [1.82, 2.24) is 5.32 Å². The molecular formula is C14H20ClN3O2. The zero-order valence-corrected chi connectivity index (χ0v) is 12.3. The van der Waals surface area contributed by atoms with Gasteiger partial charge in [0.1, 0.15) is 0 Å². The van der Waals surface area contributed by atoms with Crippen LogP contribution in [-0.4, -0.2) is 18.5 Å². The predicted molar refractivity (Wildman–Crippen MR) is 80.9 cm³/mol. The Labute approximate surface area is 123 Å². The summed E-state index contributed by atoms with van der Waals surface area (Å²) in [5.74, 6) is -0.0568. The molecule has 0 aliphatic heterocycles. The minimum Gasteiger partial charge on any atom is -0.352 e. The van der Waals surface area contributed by atoms with Crippen molar-refractivity contribution in [3.63, 3.8) is 0 Å². The first kappa shape index (κ1) is 16.3. The highest BCUT2D eigenvalue weighted by atomic mass is 35.5. The average Bonchev–Trinajstić information content (AvgIpc) is 2.36. The molecule has 1 aromatic carbocycles. The number of nitrogens with two attached hydrogens (primary N) is 1. The van der Waals surface area contributed by atoms with Crippen molar-refractivity contribution in [3.8, 4) is 0 Å². The molecule has 3 amide bonds. The Hall–Kier alpha value is -1.75. The van der Waals surface area contributed by atoms with Crippen LogP contribution in [0.2, 0.25) is 5.02 Å². The Morgan fingerprint density at radius 2 is 2.00 bits per heavy atom. The number of hydrogen-bond donors (Lipinski definition) is 3. The lowest BCUT2D eigenvalue weighted by molar-refractivity contribution is -0.116. The lowest BCUT2D eigenvalue weighted by atomic mass is 10.1. The van der Waals surface area contributed by atoms with Crippen LogP contribution in [0.1, 0.15) is 31.2 Å². The summed E-state index contributed by atoms with van der Waals surface area (Å²) >= 11 is 6.04. The predicted octanol–water partition coefficient (Wildman–Crippen LogP) is 2.82. The minimum atomic E-state index is -0.517. The fraction of sp³-hybridized carbons (Fsp3) is 0.429. The number of aryl methyl sites for hydroxylation is 1. The third kappa shape index (κ3) is 6.43. The third-order valence-corrected chi connectivity index (χ3v) is 3.09. The first-order chi connectivity index (χ1) is 9.49. The monoisotopic (exact) mass is 297 g/mol. The van der Waals surface area contributed by atoms with Crippen molar-refractivity contribution in [3.05, 3.63) is 28.8 Å². The number of primary amides is 1. The van der Waals surface area contributed by atoms with E-state index >= 15 is 0 Å². The zero-order chi connectivity index (χ0) is 15.0. The number of rotatable bonds is 7. The van der Waals surface area contributed by atoms with Gasteiger partial charge in [0.25, 0.3) is 0 Å². The quantitative estimate of drug-likeness (QED) is 0.676. The maximum absolute atomic E-state index is 11.7. The average molecular weight is 298 g/mol. The molecule has 0 unspecified atom stereocenters. The van der Waals surface area contributed by atoms with Gasteiger partial charge in [-0.2, -0.15) is 0 Å². The normalized spacial score (nSPS) is 10.1. The summed E-state index contributed by atoms with van der Waals surface area (Å²) in [5, 5.41) is 5.84. The van der Waals surface area contributed by atoms with Crippen LogP contribution in [-0.2, 0) is 4.79 Å². The highest BCUT2D eigenvalue weighted by molar-refractivity contribution is 6.33. The van der Waals surface area contributed by atoms with Crippen molar-refractivity contribution >= 4 is 29.2 Å². The maximum Gasteiger partial charge on any atom is 0.312 e. The molecule has 0 radical (unpaired) electrons. The molecule has 0 heterocycles. The van der Waals surface area contributed by atoms with Gasteiger partial charge in [0.05, 0.1) is 10.7 Å². The van der Waals surface area contributed by atoms with Gasteiger partial charge in [-0.25, -0.2) is 4.79 Å². The number of benzene rings is 1. The van der Waals surface area contributed by atoms with Gasteiger partial charge in [-0.1, -0.05) is 24.1 Å². The summed E-state index contributed by atoms with van der Waals surface area (Å²) in [5.41, 5.74) is 6.63. The van der Waals surface area contributed by atoms with Gasteiger partial charge in [0.2, 0.25) is 5.91 Å². The number of anilines is 1. The summed E-state index contributed by atoms with van der Waals surface area (Å²) in [6.45, 7) is 2.48. The first-order valence-electron chi connectivity index (χ1n) is 6.58. The molecule has 0 fully saturated rings. The van der Waals surface area contributed by atoms with E-state index in [4.69, 9.17) is 17.3 Å². The molecule has 0 atom stereocenters. The number of carbonyl (C=O) groups is 2. The Morgan fingerprint density at radius 1 is 1.25 bits per heavy atom. The third-order valence-electron chi connectivity index (χ3n) is 2.78. The van der Waals surface area contributed by atoms with Crippen molar-refractivity contribution in [2.75, 3.05) is 11.9 Å². The Bertz CT molecular complexity index is 477. The second kappa shape index (κ2) is 8.43. The molecule has 5 nitrogen and oxygen atoms in total. The molecule has 110 valence electrons. The molecule has 0 aromatic heterocycles. The molecule has 0 saturated carbocycles. The number of carbonyl (C=O) groups excluding carboxylic acids is 2. The van der Waals surface area contributed by atoms with E-state index in [-0.39, 0.29) is 5.91 Å². The largest absolute Gasteiger partial charge is 0.352 e. The van der Waals surface area contributed by atoms with Gasteiger partial charge in [-0.05, 0) is 37.5 Å². The Morgan fingerprint density at radius 3 is 2.65 bits per heavy atom. The number of halogens is 1. The number of nitrogens with one attached hydrogen (secondary N) is 2. The first-order valence-corrected chi connectivity index (χ1v) is 6.96. The van der Waals surface area contributed by atoms with Gasteiger partial charge in [0, 0.05) is 13.0 Å². The van der Waals surface area contributed by atoms with Crippen molar-refractivity contribution in [2.24, 2.45) is 5.73 Å². The molecule has 0 bridgehead atoms. The standard InChI is InChI=1S/C14H20ClN3O2/c1-10-6-7-12(11(15)9-10)18-13(19)5-3-2-4-8-17-14(16)20/h6-7,9H,2-5,8H2,1H3,(H,18,19)(H3,16,17,20). The highest BCUT2D eigenvalue weighted by Gasteiger charge is 2.05.